The molecule has 9 heteroatoms. The Kier molecular flexibility index (Phi) is 5.77. The predicted octanol–water partition coefficient (Wildman–Crippen LogP) is 1.57. The first-order valence-electron chi connectivity index (χ1n) is 10.0. The highest BCUT2D eigenvalue weighted by Gasteiger charge is 2.49. The third kappa shape index (κ3) is 3.79. The number of anilines is 1. The van der Waals surface area contributed by atoms with Crippen LogP contribution in [-0.4, -0.2) is 57.6 Å². The van der Waals surface area contributed by atoms with Crippen LogP contribution in [0.1, 0.15) is 31.2 Å². The quantitative estimate of drug-likeness (QED) is 0.732. The van der Waals surface area contributed by atoms with Gasteiger partial charge in [0.15, 0.2) is 0 Å². The van der Waals surface area contributed by atoms with E-state index >= 15 is 0 Å². The van der Waals surface area contributed by atoms with Crippen LogP contribution in [0.4, 0.5) is 5.69 Å². The molecule has 0 bridgehead atoms. The maximum Gasteiger partial charge on any atom is 0.248 e. The fourth-order valence-corrected chi connectivity index (χ4v) is 5.55. The van der Waals surface area contributed by atoms with E-state index in [2.05, 4.69) is 5.32 Å². The number of benzene rings is 1. The van der Waals surface area contributed by atoms with E-state index in [0.717, 1.165) is 17.7 Å². The van der Waals surface area contributed by atoms with Crippen LogP contribution in [-0.2, 0) is 19.2 Å². The molecule has 4 amide bonds. The molecule has 3 fully saturated rings. The summed E-state index contributed by atoms with van der Waals surface area (Å²) < 4.78 is 0. The van der Waals surface area contributed by atoms with E-state index in [1.807, 2.05) is 6.07 Å². The molecule has 1 aromatic carbocycles. The number of imide groups is 1. The van der Waals surface area contributed by atoms with Gasteiger partial charge >= 0.3 is 0 Å². The van der Waals surface area contributed by atoms with Crippen molar-refractivity contribution in [1.29, 1.82) is 5.26 Å². The number of likely N-dealkylation sites (tertiary alicyclic amines) is 1. The number of fused-ring (bicyclic) bond motifs is 1. The maximum absolute atomic E-state index is 12.9. The second-order valence-electron chi connectivity index (χ2n) is 7.82. The Bertz CT molecular complexity index is 902. The van der Waals surface area contributed by atoms with Crippen LogP contribution in [0.2, 0.25) is 0 Å². The SMILES string of the molecule is N#Cc1ccc(NC(=O)C2CSCN2C(=O)CN2C(=O)C3CCCCC3C2=O)cc1. The molecular formula is C21H22N4O4S. The van der Waals surface area contributed by atoms with Crippen molar-refractivity contribution < 1.29 is 19.2 Å². The molecule has 2 aliphatic heterocycles. The topological polar surface area (TPSA) is 111 Å². The van der Waals surface area contributed by atoms with E-state index in [9.17, 15) is 19.2 Å². The predicted molar refractivity (Wildman–Crippen MR) is 110 cm³/mol. The van der Waals surface area contributed by atoms with Crippen molar-refractivity contribution in [3.05, 3.63) is 29.8 Å². The van der Waals surface area contributed by atoms with Gasteiger partial charge in [0.1, 0.15) is 12.6 Å². The van der Waals surface area contributed by atoms with Gasteiger partial charge in [-0.25, -0.2) is 0 Å². The lowest BCUT2D eigenvalue weighted by Crippen LogP contribution is -2.49. The molecule has 1 saturated carbocycles. The molecule has 3 atom stereocenters. The molecule has 2 heterocycles. The molecule has 4 rings (SSSR count). The number of nitriles is 1. The van der Waals surface area contributed by atoms with Gasteiger partial charge in [0.25, 0.3) is 0 Å². The summed E-state index contributed by atoms with van der Waals surface area (Å²) in [4.78, 5) is 53.4. The second-order valence-corrected chi connectivity index (χ2v) is 8.82. The first kappa shape index (κ1) is 20.4. The number of carbonyl (C=O) groups excluding carboxylic acids is 4. The van der Waals surface area contributed by atoms with Crippen molar-refractivity contribution in [2.75, 3.05) is 23.5 Å². The molecule has 0 radical (unpaired) electrons. The van der Waals surface area contributed by atoms with Gasteiger partial charge in [0.2, 0.25) is 23.6 Å². The molecule has 3 unspecified atom stereocenters. The molecule has 1 aromatic rings. The van der Waals surface area contributed by atoms with Gasteiger partial charge < -0.3 is 10.2 Å². The summed E-state index contributed by atoms with van der Waals surface area (Å²) in [6.07, 6.45) is 3.27. The highest BCUT2D eigenvalue weighted by molar-refractivity contribution is 7.99. The summed E-state index contributed by atoms with van der Waals surface area (Å²) in [5, 5.41) is 11.6. The van der Waals surface area contributed by atoms with Crippen molar-refractivity contribution in [1.82, 2.24) is 9.80 Å². The van der Waals surface area contributed by atoms with Crippen LogP contribution >= 0.6 is 11.8 Å². The molecule has 0 aromatic heterocycles. The summed E-state index contributed by atoms with van der Waals surface area (Å²) in [6, 6.07) is 7.82. The maximum atomic E-state index is 12.9. The molecule has 0 spiro atoms. The van der Waals surface area contributed by atoms with E-state index in [1.165, 1.54) is 16.7 Å². The molecule has 1 N–H and O–H groups in total. The minimum Gasteiger partial charge on any atom is -0.324 e. The average molecular weight is 426 g/mol. The van der Waals surface area contributed by atoms with Crippen LogP contribution in [0.5, 0.6) is 0 Å². The Hall–Kier alpha value is -2.86. The van der Waals surface area contributed by atoms with Crippen LogP contribution in [0.25, 0.3) is 0 Å². The molecular weight excluding hydrogens is 404 g/mol. The van der Waals surface area contributed by atoms with Crippen molar-refractivity contribution in [2.24, 2.45) is 11.8 Å². The van der Waals surface area contributed by atoms with Gasteiger partial charge in [-0.1, -0.05) is 12.8 Å². The van der Waals surface area contributed by atoms with Crippen LogP contribution < -0.4 is 5.32 Å². The number of hydrogen-bond donors (Lipinski definition) is 1. The second kappa shape index (κ2) is 8.48. The number of carbonyl (C=O) groups is 4. The van der Waals surface area contributed by atoms with Crippen LogP contribution in [0.3, 0.4) is 0 Å². The fraction of sp³-hybridized carbons (Fsp3) is 0.476. The number of nitrogens with zero attached hydrogens (tertiary/aromatic N) is 3. The standard InChI is InChI=1S/C21H22N4O4S/c22-9-13-5-7-14(8-6-13)23-19(27)17-11-30-12-25(17)18(26)10-24-20(28)15-3-1-2-4-16(15)21(24)29/h5-8,15-17H,1-4,10-12H2,(H,23,27). The third-order valence-corrected chi connectivity index (χ3v) is 7.02. The zero-order chi connectivity index (χ0) is 21.3. The summed E-state index contributed by atoms with van der Waals surface area (Å²) in [5.41, 5.74) is 1.03. The van der Waals surface area contributed by atoms with Crippen molar-refractivity contribution >= 4 is 41.1 Å². The number of hydrogen-bond acceptors (Lipinski definition) is 6. The Balaban J connectivity index is 1.40. The summed E-state index contributed by atoms with van der Waals surface area (Å²) in [7, 11) is 0. The van der Waals surface area contributed by atoms with E-state index < -0.39 is 6.04 Å². The molecule has 2 saturated heterocycles. The first-order valence-corrected chi connectivity index (χ1v) is 11.2. The number of thioether (sulfide) groups is 1. The smallest absolute Gasteiger partial charge is 0.248 e. The fourth-order valence-electron chi connectivity index (χ4n) is 4.37. The van der Waals surface area contributed by atoms with E-state index in [4.69, 9.17) is 5.26 Å². The summed E-state index contributed by atoms with van der Waals surface area (Å²) in [5.74, 6) is -1.00. The number of rotatable bonds is 4. The first-order chi connectivity index (χ1) is 14.5. The van der Waals surface area contributed by atoms with Gasteiger partial charge in [-0.05, 0) is 37.1 Å². The zero-order valence-corrected chi connectivity index (χ0v) is 17.2. The van der Waals surface area contributed by atoms with E-state index in [1.54, 1.807) is 24.3 Å². The third-order valence-electron chi connectivity index (χ3n) is 6.01. The molecule has 156 valence electrons. The Morgan fingerprint density at radius 2 is 1.73 bits per heavy atom. The van der Waals surface area contributed by atoms with Gasteiger partial charge in [0.05, 0.1) is 29.3 Å². The van der Waals surface area contributed by atoms with Gasteiger partial charge in [-0.3, -0.25) is 24.1 Å². The monoisotopic (exact) mass is 426 g/mol. The summed E-state index contributed by atoms with van der Waals surface area (Å²) >= 11 is 1.46. The van der Waals surface area contributed by atoms with E-state index in [0.29, 0.717) is 35.7 Å². The van der Waals surface area contributed by atoms with Crippen molar-refractivity contribution in [2.45, 2.75) is 31.7 Å². The largest absolute Gasteiger partial charge is 0.324 e. The molecule has 8 nitrogen and oxygen atoms in total. The lowest BCUT2D eigenvalue weighted by atomic mass is 9.81. The number of amides is 4. The Morgan fingerprint density at radius 1 is 1.10 bits per heavy atom. The van der Waals surface area contributed by atoms with Gasteiger partial charge in [0, 0.05) is 11.4 Å². The van der Waals surface area contributed by atoms with Crippen molar-refractivity contribution in [3.63, 3.8) is 0 Å². The normalized spacial score (nSPS) is 25.8. The average Bonchev–Trinajstić information content (AvgIpc) is 3.35. The molecule has 3 aliphatic rings. The van der Waals surface area contributed by atoms with Gasteiger partial charge in [-0.2, -0.15) is 5.26 Å². The Labute approximate surface area is 178 Å². The molecule has 30 heavy (non-hydrogen) atoms. The van der Waals surface area contributed by atoms with Crippen LogP contribution in [0.15, 0.2) is 24.3 Å². The lowest BCUT2D eigenvalue weighted by molar-refractivity contribution is -0.147. The Morgan fingerprint density at radius 3 is 2.33 bits per heavy atom. The molecule has 1 aliphatic carbocycles. The summed E-state index contributed by atoms with van der Waals surface area (Å²) in [6.45, 7) is -0.300. The van der Waals surface area contributed by atoms with Gasteiger partial charge in [-0.15, -0.1) is 11.8 Å². The minimum atomic E-state index is -0.673. The zero-order valence-electron chi connectivity index (χ0n) is 16.4. The highest BCUT2D eigenvalue weighted by Crippen LogP contribution is 2.38. The highest BCUT2D eigenvalue weighted by atomic mass is 32.2. The lowest BCUT2D eigenvalue weighted by Gasteiger charge is -2.25. The number of nitrogens with one attached hydrogen (secondary N) is 1. The van der Waals surface area contributed by atoms with E-state index in [-0.39, 0.29) is 42.0 Å². The van der Waals surface area contributed by atoms with Crippen molar-refractivity contribution in [3.8, 4) is 6.07 Å². The minimum absolute atomic E-state index is 0.247. The van der Waals surface area contributed by atoms with Crippen LogP contribution in [0, 0.1) is 23.2 Å².